The van der Waals surface area contributed by atoms with Crippen molar-refractivity contribution in [1.82, 2.24) is 9.78 Å². The molecule has 1 N–H and O–H groups in total. The van der Waals surface area contributed by atoms with Crippen LogP contribution in [-0.4, -0.2) is 22.0 Å². The van der Waals surface area contributed by atoms with Gasteiger partial charge in [0.1, 0.15) is 11.8 Å². The minimum atomic E-state index is -0.449. The summed E-state index contributed by atoms with van der Waals surface area (Å²) in [4.78, 5) is 0. The fourth-order valence-corrected chi connectivity index (χ4v) is 3.22. The van der Waals surface area contributed by atoms with E-state index in [0.29, 0.717) is 11.7 Å². The molecule has 1 aromatic rings. The smallest absolute Gasteiger partial charge is 0.162 e. The number of aromatic nitrogens is 2. The molecule has 1 unspecified atom stereocenters. The van der Waals surface area contributed by atoms with E-state index in [0.717, 1.165) is 31.0 Å². The Morgan fingerprint density at radius 1 is 1.37 bits per heavy atom. The fraction of sp³-hybridized carbons (Fsp3) is 0.800. The summed E-state index contributed by atoms with van der Waals surface area (Å²) in [6.45, 7) is 5.06. The molecule has 108 valence electrons. The van der Waals surface area contributed by atoms with Crippen molar-refractivity contribution in [3.8, 4) is 5.75 Å². The predicted octanol–water partition coefficient (Wildman–Crippen LogP) is 3.16. The molecule has 0 bridgehead atoms. The first-order valence-corrected chi connectivity index (χ1v) is 7.48. The Bertz CT molecular complexity index is 373. The first-order chi connectivity index (χ1) is 9.21. The van der Waals surface area contributed by atoms with E-state index < -0.39 is 6.10 Å². The van der Waals surface area contributed by atoms with Crippen molar-refractivity contribution in [2.24, 2.45) is 11.8 Å². The van der Waals surface area contributed by atoms with Crippen molar-refractivity contribution in [1.29, 1.82) is 0 Å². The molecule has 2 rings (SSSR count). The van der Waals surface area contributed by atoms with Crippen LogP contribution in [0.5, 0.6) is 5.75 Å². The average molecular weight is 266 g/mol. The predicted molar refractivity (Wildman–Crippen MR) is 75.2 cm³/mol. The number of nitrogens with zero attached hydrogens (tertiary/aromatic N) is 2. The van der Waals surface area contributed by atoms with Crippen molar-refractivity contribution >= 4 is 0 Å². The highest BCUT2D eigenvalue weighted by atomic mass is 16.5. The number of rotatable bonds is 5. The van der Waals surface area contributed by atoms with Gasteiger partial charge in [-0.15, -0.1) is 0 Å². The minimum absolute atomic E-state index is 0.346. The lowest BCUT2D eigenvalue weighted by Crippen LogP contribution is -2.22. The summed E-state index contributed by atoms with van der Waals surface area (Å²) in [7, 11) is 1.64. The quantitative estimate of drug-likeness (QED) is 0.890. The molecule has 1 heterocycles. The van der Waals surface area contributed by atoms with Crippen LogP contribution >= 0.6 is 0 Å². The largest absolute Gasteiger partial charge is 0.493 e. The number of aliphatic hydroxyl groups is 1. The fourth-order valence-electron chi connectivity index (χ4n) is 3.22. The zero-order valence-corrected chi connectivity index (χ0v) is 12.3. The molecule has 19 heavy (non-hydrogen) atoms. The zero-order chi connectivity index (χ0) is 13.8. The Balaban J connectivity index is 2.11. The van der Waals surface area contributed by atoms with Gasteiger partial charge in [0.2, 0.25) is 0 Å². The van der Waals surface area contributed by atoms with Gasteiger partial charge in [-0.2, -0.15) is 5.10 Å². The third-order valence-electron chi connectivity index (χ3n) is 4.56. The Kier molecular flexibility index (Phi) is 4.86. The highest BCUT2D eigenvalue weighted by molar-refractivity contribution is 5.27. The van der Waals surface area contributed by atoms with Gasteiger partial charge in [0, 0.05) is 6.54 Å². The number of hydrogen-bond acceptors (Lipinski definition) is 3. The Morgan fingerprint density at radius 2 is 2.05 bits per heavy atom. The van der Waals surface area contributed by atoms with Crippen LogP contribution in [0.4, 0.5) is 0 Å². The molecule has 4 heteroatoms. The monoisotopic (exact) mass is 266 g/mol. The van der Waals surface area contributed by atoms with Crippen molar-refractivity contribution in [2.75, 3.05) is 7.11 Å². The summed E-state index contributed by atoms with van der Waals surface area (Å²) in [5, 5.41) is 15.0. The van der Waals surface area contributed by atoms with Gasteiger partial charge in [0.15, 0.2) is 5.75 Å². The standard InChI is InChI=1S/C15H26N2O2/c1-4-11-6-8-12(9-7-11)15(18)14-13(19-3)10-16-17(14)5-2/h10-12,15,18H,4-9H2,1-3H3. The van der Waals surface area contributed by atoms with E-state index in [1.807, 2.05) is 11.6 Å². The zero-order valence-electron chi connectivity index (χ0n) is 12.3. The number of ether oxygens (including phenoxy) is 1. The molecule has 1 aliphatic rings. The Morgan fingerprint density at radius 3 is 2.58 bits per heavy atom. The summed E-state index contributed by atoms with van der Waals surface area (Å²) in [6, 6.07) is 0. The average Bonchev–Trinajstić information content (AvgIpc) is 2.89. The molecule has 0 saturated heterocycles. The van der Waals surface area contributed by atoms with Crippen LogP contribution in [0.3, 0.4) is 0 Å². The van der Waals surface area contributed by atoms with Gasteiger partial charge in [-0.3, -0.25) is 4.68 Å². The summed E-state index contributed by atoms with van der Waals surface area (Å²) < 4.78 is 7.20. The first-order valence-electron chi connectivity index (χ1n) is 7.48. The van der Waals surface area contributed by atoms with Crippen LogP contribution < -0.4 is 4.74 Å². The molecule has 1 aromatic heterocycles. The lowest BCUT2D eigenvalue weighted by Gasteiger charge is -2.31. The lowest BCUT2D eigenvalue weighted by molar-refractivity contribution is 0.0637. The maximum Gasteiger partial charge on any atom is 0.162 e. The third-order valence-corrected chi connectivity index (χ3v) is 4.56. The molecular weight excluding hydrogens is 240 g/mol. The molecule has 0 amide bonds. The first kappa shape index (κ1) is 14.4. The molecular formula is C15H26N2O2. The lowest BCUT2D eigenvalue weighted by atomic mass is 9.78. The molecule has 1 aliphatic carbocycles. The SMILES string of the molecule is CCC1CCC(C(O)c2c(OC)cnn2CC)CC1. The molecule has 1 atom stereocenters. The Labute approximate surface area is 115 Å². The molecule has 0 aromatic carbocycles. The molecule has 0 aliphatic heterocycles. The van der Waals surface area contributed by atoms with Gasteiger partial charge < -0.3 is 9.84 Å². The van der Waals surface area contributed by atoms with Gasteiger partial charge in [0.05, 0.1) is 13.3 Å². The van der Waals surface area contributed by atoms with Crippen molar-refractivity contribution in [3.05, 3.63) is 11.9 Å². The van der Waals surface area contributed by atoms with Gasteiger partial charge in [-0.05, 0) is 31.6 Å². The maximum absolute atomic E-state index is 10.7. The van der Waals surface area contributed by atoms with Gasteiger partial charge in [0.25, 0.3) is 0 Å². The topological polar surface area (TPSA) is 47.3 Å². The summed E-state index contributed by atoms with van der Waals surface area (Å²) in [5.74, 6) is 1.91. The van der Waals surface area contributed by atoms with Crippen LogP contribution in [0.1, 0.15) is 57.7 Å². The van der Waals surface area contributed by atoms with E-state index in [1.165, 1.54) is 19.3 Å². The van der Waals surface area contributed by atoms with E-state index in [2.05, 4.69) is 12.0 Å². The van der Waals surface area contributed by atoms with E-state index in [4.69, 9.17) is 4.74 Å². The second-order valence-corrected chi connectivity index (χ2v) is 5.55. The second-order valence-electron chi connectivity index (χ2n) is 5.55. The van der Waals surface area contributed by atoms with E-state index >= 15 is 0 Å². The number of aryl methyl sites for hydroxylation is 1. The van der Waals surface area contributed by atoms with Crippen molar-refractivity contribution < 1.29 is 9.84 Å². The molecule has 0 radical (unpaired) electrons. The van der Waals surface area contributed by atoms with Crippen LogP contribution in [-0.2, 0) is 6.54 Å². The van der Waals surface area contributed by atoms with Gasteiger partial charge >= 0.3 is 0 Å². The number of methoxy groups -OCH3 is 1. The summed E-state index contributed by atoms with van der Waals surface area (Å²) >= 11 is 0. The van der Waals surface area contributed by atoms with E-state index in [-0.39, 0.29) is 0 Å². The Hall–Kier alpha value is -1.03. The molecule has 0 spiro atoms. The van der Waals surface area contributed by atoms with Crippen molar-refractivity contribution in [3.63, 3.8) is 0 Å². The van der Waals surface area contributed by atoms with Crippen LogP contribution in [0, 0.1) is 11.8 Å². The molecule has 1 fully saturated rings. The minimum Gasteiger partial charge on any atom is -0.493 e. The number of aliphatic hydroxyl groups excluding tert-OH is 1. The molecule has 1 saturated carbocycles. The molecule has 4 nitrogen and oxygen atoms in total. The normalized spacial score (nSPS) is 25.3. The van der Waals surface area contributed by atoms with E-state index in [1.54, 1.807) is 13.3 Å². The summed E-state index contributed by atoms with van der Waals surface area (Å²) in [6.07, 6.45) is 7.21. The van der Waals surface area contributed by atoms with Crippen LogP contribution in [0.25, 0.3) is 0 Å². The second kappa shape index (κ2) is 6.42. The van der Waals surface area contributed by atoms with Crippen LogP contribution in [0.15, 0.2) is 6.20 Å². The van der Waals surface area contributed by atoms with Gasteiger partial charge in [-0.1, -0.05) is 26.2 Å². The van der Waals surface area contributed by atoms with Crippen LogP contribution in [0.2, 0.25) is 0 Å². The van der Waals surface area contributed by atoms with Crippen molar-refractivity contribution in [2.45, 2.75) is 58.6 Å². The third kappa shape index (κ3) is 2.94. The highest BCUT2D eigenvalue weighted by Crippen LogP contribution is 2.40. The van der Waals surface area contributed by atoms with Gasteiger partial charge in [-0.25, -0.2) is 0 Å². The number of hydrogen-bond donors (Lipinski definition) is 1. The maximum atomic E-state index is 10.7. The summed E-state index contributed by atoms with van der Waals surface area (Å²) in [5.41, 5.74) is 0.852. The van der Waals surface area contributed by atoms with E-state index in [9.17, 15) is 5.11 Å². The highest BCUT2D eigenvalue weighted by Gasteiger charge is 2.30.